The zero-order valence-electron chi connectivity index (χ0n) is 20.6. The molecule has 2 aromatic heterocycles. The molecule has 0 unspecified atom stereocenters. The second-order valence-corrected chi connectivity index (χ2v) is 9.17. The average molecular weight is 481 g/mol. The van der Waals surface area contributed by atoms with E-state index in [0.717, 1.165) is 57.0 Å². The average Bonchev–Trinajstić information content (AvgIpc) is 3.35. The van der Waals surface area contributed by atoms with Crippen LogP contribution in [0.15, 0.2) is 97.1 Å². The molecule has 0 aliphatic carbocycles. The minimum Gasteiger partial charge on any atom is -0.341 e. The normalized spacial score (nSPS) is 12.1. The van der Waals surface area contributed by atoms with Gasteiger partial charge < -0.3 is 4.90 Å². The third-order valence-electron chi connectivity index (χ3n) is 6.92. The molecule has 178 valence electrons. The standard InChI is InChI=1S/C31H24N6/c1-3-27-32-23-18-22(19-26-28(23)37(27)25-17-11-10-16-24(25)36(26)2)31-34-29(20-12-6-4-7-13-20)33-30(35-31)21-14-8-5-9-15-21/h4-19H,3H2,1-2H3. The van der Waals surface area contributed by atoms with Gasteiger partial charge in [0.05, 0.1) is 28.1 Å². The molecule has 0 fully saturated rings. The van der Waals surface area contributed by atoms with E-state index in [2.05, 4.69) is 59.8 Å². The molecule has 0 radical (unpaired) electrons. The van der Waals surface area contributed by atoms with E-state index in [0.29, 0.717) is 17.5 Å². The molecule has 3 heterocycles. The van der Waals surface area contributed by atoms with Crippen LogP contribution in [0.3, 0.4) is 0 Å². The summed E-state index contributed by atoms with van der Waals surface area (Å²) in [5, 5.41) is 0. The van der Waals surface area contributed by atoms with Crippen molar-refractivity contribution in [1.29, 1.82) is 0 Å². The van der Waals surface area contributed by atoms with Crippen LogP contribution in [0.2, 0.25) is 0 Å². The molecule has 0 N–H and O–H groups in total. The number of hydrogen-bond acceptors (Lipinski definition) is 5. The lowest BCUT2D eigenvalue weighted by molar-refractivity contribution is 0.897. The van der Waals surface area contributed by atoms with Crippen LogP contribution < -0.4 is 4.90 Å². The van der Waals surface area contributed by atoms with Gasteiger partial charge >= 0.3 is 0 Å². The summed E-state index contributed by atoms with van der Waals surface area (Å²) in [6.45, 7) is 2.15. The van der Waals surface area contributed by atoms with Crippen LogP contribution >= 0.6 is 0 Å². The van der Waals surface area contributed by atoms with Gasteiger partial charge in [-0.15, -0.1) is 0 Å². The second kappa shape index (κ2) is 8.38. The molecule has 0 bridgehead atoms. The lowest BCUT2D eigenvalue weighted by atomic mass is 10.1. The Bertz CT molecular complexity index is 1720. The Balaban J connectivity index is 1.49. The Morgan fingerprint density at radius 2 is 1.11 bits per heavy atom. The molecule has 0 spiro atoms. The molecular weight excluding hydrogens is 456 g/mol. The van der Waals surface area contributed by atoms with Crippen molar-refractivity contribution in [2.75, 3.05) is 11.9 Å². The number of fused-ring (bicyclic) bond motifs is 2. The molecule has 6 aromatic rings. The van der Waals surface area contributed by atoms with Crippen molar-refractivity contribution in [2.24, 2.45) is 0 Å². The monoisotopic (exact) mass is 480 g/mol. The van der Waals surface area contributed by atoms with Gasteiger partial charge in [-0.25, -0.2) is 19.9 Å². The fraction of sp³-hybridized carbons (Fsp3) is 0.0968. The van der Waals surface area contributed by atoms with Crippen molar-refractivity contribution in [3.05, 3.63) is 103 Å². The summed E-state index contributed by atoms with van der Waals surface area (Å²) in [5.74, 6) is 2.97. The quantitative estimate of drug-likeness (QED) is 0.276. The Labute approximate surface area is 214 Å². The molecule has 4 aromatic carbocycles. The highest BCUT2D eigenvalue weighted by Gasteiger charge is 2.27. The third-order valence-corrected chi connectivity index (χ3v) is 6.92. The van der Waals surface area contributed by atoms with Gasteiger partial charge in [0.25, 0.3) is 0 Å². The number of anilines is 2. The highest BCUT2D eigenvalue weighted by molar-refractivity contribution is 6.00. The zero-order valence-corrected chi connectivity index (χ0v) is 20.6. The summed E-state index contributed by atoms with van der Waals surface area (Å²) in [4.78, 5) is 22.0. The molecule has 6 nitrogen and oxygen atoms in total. The lowest BCUT2D eigenvalue weighted by Gasteiger charge is -2.30. The smallest absolute Gasteiger partial charge is 0.164 e. The van der Waals surface area contributed by atoms with Crippen LogP contribution in [0.4, 0.5) is 11.4 Å². The number of nitrogens with zero attached hydrogens (tertiary/aromatic N) is 6. The van der Waals surface area contributed by atoms with Crippen molar-refractivity contribution in [2.45, 2.75) is 13.3 Å². The van der Waals surface area contributed by atoms with Gasteiger partial charge in [0.1, 0.15) is 5.82 Å². The molecule has 0 saturated heterocycles. The van der Waals surface area contributed by atoms with Crippen LogP contribution in [0, 0.1) is 0 Å². The van der Waals surface area contributed by atoms with Crippen LogP contribution in [-0.2, 0) is 6.42 Å². The first kappa shape index (κ1) is 21.4. The first-order chi connectivity index (χ1) is 18.2. The molecular formula is C31H24N6. The number of imidazole rings is 1. The van der Waals surface area contributed by atoms with Gasteiger partial charge in [-0.05, 0) is 24.3 Å². The topological polar surface area (TPSA) is 59.7 Å². The first-order valence-electron chi connectivity index (χ1n) is 12.5. The van der Waals surface area contributed by atoms with E-state index >= 15 is 0 Å². The molecule has 1 aliphatic heterocycles. The van der Waals surface area contributed by atoms with E-state index in [1.165, 1.54) is 0 Å². The largest absolute Gasteiger partial charge is 0.341 e. The third kappa shape index (κ3) is 3.41. The van der Waals surface area contributed by atoms with E-state index in [9.17, 15) is 0 Å². The predicted octanol–water partition coefficient (Wildman–Crippen LogP) is 6.86. The summed E-state index contributed by atoms with van der Waals surface area (Å²) in [6, 6.07) is 32.9. The number of para-hydroxylation sites is 2. The summed E-state index contributed by atoms with van der Waals surface area (Å²) in [7, 11) is 2.11. The van der Waals surface area contributed by atoms with Crippen molar-refractivity contribution < 1.29 is 0 Å². The summed E-state index contributed by atoms with van der Waals surface area (Å²) < 4.78 is 2.29. The van der Waals surface area contributed by atoms with E-state index in [1.807, 2.05) is 60.7 Å². The summed E-state index contributed by atoms with van der Waals surface area (Å²) in [5.41, 5.74) is 8.26. The lowest BCUT2D eigenvalue weighted by Crippen LogP contribution is -2.19. The van der Waals surface area contributed by atoms with Crippen LogP contribution in [-0.4, -0.2) is 31.6 Å². The fourth-order valence-electron chi connectivity index (χ4n) is 5.12. The molecule has 0 amide bonds. The SMILES string of the molecule is CCc1nc2cc(-c3nc(-c4ccccc4)nc(-c4ccccc4)n3)cc3c2n1-c1ccccc1N3C. The van der Waals surface area contributed by atoms with E-state index < -0.39 is 0 Å². The van der Waals surface area contributed by atoms with Crippen LogP contribution in [0.1, 0.15) is 12.7 Å². The first-order valence-corrected chi connectivity index (χ1v) is 12.5. The van der Waals surface area contributed by atoms with E-state index in [1.54, 1.807) is 0 Å². The van der Waals surface area contributed by atoms with Gasteiger partial charge in [0.15, 0.2) is 17.5 Å². The number of hydrogen-bond donors (Lipinski definition) is 0. The summed E-state index contributed by atoms with van der Waals surface area (Å²) in [6.07, 6.45) is 0.837. The number of aromatic nitrogens is 5. The number of rotatable bonds is 4. The maximum absolute atomic E-state index is 5.05. The van der Waals surface area contributed by atoms with Crippen molar-refractivity contribution in [3.8, 4) is 39.9 Å². The zero-order chi connectivity index (χ0) is 24.9. The Morgan fingerprint density at radius 1 is 0.568 bits per heavy atom. The van der Waals surface area contributed by atoms with Gasteiger partial charge in [-0.3, -0.25) is 4.57 Å². The summed E-state index contributed by atoms with van der Waals surface area (Å²) >= 11 is 0. The second-order valence-electron chi connectivity index (χ2n) is 9.17. The molecule has 0 saturated carbocycles. The van der Waals surface area contributed by atoms with Gasteiger partial charge in [-0.2, -0.15) is 0 Å². The molecule has 37 heavy (non-hydrogen) atoms. The van der Waals surface area contributed by atoms with Crippen molar-refractivity contribution >= 4 is 22.4 Å². The van der Waals surface area contributed by atoms with Crippen molar-refractivity contribution in [3.63, 3.8) is 0 Å². The fourth-order valence-corrected chi connectivity index (χ4v) is 5.12. The Hall–Kier alpha value is -4.84. The Kier molecular flexibility index (Phi) is 4.86. The molecule has 6 heteroatoms. The van der Waals surface area contributed by atoms with Gasteiger partial charge in [-0.1, -0.05) is 79.7 Å². The molecule has 0 atom stereocenters. The number of benzene rings is 4. The maximum Gasteiger partial charge on any atom is 0.164 e. The minimum absolute atomic E-state index is 0.630. The Morgan fingerprint density at radius 3 is 1.70 bits per heavy atom. The minimum atomic E-state index is 0.630. The highest BCUT2D eigenvalue weighted by Crippen LogP contribution is 2.43. The van der Waals surface area contributed by atoms with Crippen molar-refractivity contribution in [1.82, 2.24) is 24.5 Å². The van der Waals surface area contributed by atoms with E-state index in [4.69, 9.17) is 19.9 Å². The van der Waals surface area contributed by atoms with Crippen LogP contribution in [0.25, 0.3) is 50.9 Å². The number of aryl methyl sites for hydroxylation is 1. The maximum atomic E-state index is 5.05. The molecule has 1 aliphatic rings. The van der Waals surface area contributed by atoms with Gasteiger partial charge in [0.2, 0.25) is 0 Å². The predicted molar refractivity (Wildman–Crippen MR) is 148 cm³/mol. The highest BCUT2D eigenvalue weighted by atomic mass is 15.2. The molecule has 7 rings (SSSR count). The van der Waals surface area contributed by atoms with E-state index in [-0.39, 0.29) is 0 Å². The van der Waals surface area contributed by atoms with Gasteiger partial charge in [0, 0.05) is 30.2 Å². The van der Waals surface area contributed by atoms with Crippen LogP contribution in [0.5, 0.6) is 0 Å².